The van der Waals surface area contributed by atoms with Crippen molar-refractivity contribution in [3.63, 3.8) is 0 Å². The highest BCUT2D eigenvalue weighted by Gasteiger charge is 2.19. The molecule has 3 rings (SSSR count). The lowest BCUT2D eigenvalue weighted by atomic mass is 10.1. The van der Waals surface area contributed by atoms with Crippen LogP contribution in [0.4, 0.5) is 5.69 Å². The number of thioether (sulfide) groups is 1. The summed E-state index contributed by atoms with van der Waals surface area (Å²) < 4.78 is 6.76. The van der Waals surface area contributed by atoms with Gasteiger partial charge in [0.1, 0.15) is 0 Å². The summed E-state index contributed by atoms with van der Waals surface area (Å²) in [5.41, 5.74) is 2.80. The van der Waals surface area contributed by atoms with Gasteiger partial charge in [0.15, 0.2) is 5.16 Å². The largest absolute Gasteiger partial charge is 0.465 e. The summed E-state index contributed by atoms with van der Waals surface area (Å²) in [5, 5.41) is 0.772. The van der Waals surface area contributed by atoms with Gasteiger partial charge in [-0.3, -0.25) is 4.79 Å². The maximum atomic E-state index is 12.6. The van der Waals surface area contributed by atoms with Gasteiger partial charge in [0.05, 0.1) is 35.1 Å². The minimum atomic E-state index is -0.469. The second kappa shape index (κ2) is 7.61. The number of nitrogens with zero attached hydrogens (tertiary/aromatic N) is 3. The summed E-state index contributed by atoms with van der Waals surface area (Å²) in [6.45, 7) is 0. The van der Waals surface area contributed by atoms with Crippen LogP contribution in [0.15, 0.2) is 53.7 Å². The number of amides is 1. The van der Waals surface area contributed by atoms with Gasteiger partial charge in [-0.1, -0.05) is 36.0 Å². The first-order valence-corrected chi connectivity index (χ1v) is 8.99. The van der Waals surface area contributed by atoms with Gasteiger partial charge in [-0.15, -0.1) is 0 Å². The third-order valence-corrected chi connectivity index (χ3v) is 5.13. The van der Waals surface area contributed by atoms with Crippen LogP contribution < -0.4 is 4.90 Å². The fourth-order valence-corrected chi connectivity index (χ4v) is 3.56. The number of fused-ring (bicyclic) bond motifs is 1. The van der Waals surface area contributed by atoms with Crippen LogP contribution in [0.25, 0.3) is 11.0 Å². The molecule has 1 aromatic heterocycles. The lowest BCUT2D eigenvalue weighted by molar-refractivity contribution is -0.115. The number of carbonyl (C=O) groups excluding carboxylic acids is 2. The molecule has 0 atom stereocenters. The summed E-state index contributed by atoms with van der Waals surface area (Å²) in [6.07, 6.45) is 0. The SMILES string of the molecule is COC(=O)c1ccccc1N(C)C(=O)CSc1nc2ccccc2n1C. The summed E-state index contributed by atoms with van der Waals surface area (Å²) in [4.78, 5) is 30.6. The minimum absolute atomic E-state index is 0.126. The summed E-state index contributed by atoms with van der Waals surface area (Å²) in [5.74, 6) is -0.384. The molecule has 0 saturated carbocycles. The van der Waals surface area contributed by atoms with E-state index >= 15 is 0 Å². The topological polar surface area (TPSA) is 64.4 Å². The number of hydrogen-bond acceptors (Lipinski definition) is 5. The number of ether oxygens (including phenoxy) is 1. The Balaban J connectivity index is 1.76. The zero-order valence-electron chi connectivity index (χ0n) is 14.8. The highest BCUT2D eigenvalue weighted by Crippen LogP contribution is 2.25. The molecule has 0 saturated heterocycles. The van der Waals surface area contributed by atoms with Gasteiger partial charge in [0.25, 0.3) is 0 Å². The van der Waals surface area contributed by atoms with Crippen molar-refractivity contribution < 1.29 is 14.3 Å². The lowest BCUT2D eigenvalue weighted by Crippen LogP contribution is -2.29. The van der Waals surface area contributed by atoms with Crippen molar-refractivity contribution in [2.75, 3.05) is 24.8 Å². The van der Waals surface area contributed by atoms with Crippen molar-refractivity contribution in [2.24, 2.45) is 7.05 Å². The number of imidazole rings is 1. The van der Waals surface area contributed by atoms with E-state index in [1.807, 2.05) is 35.9 Å². The summed E-state index contributed by atoms with van der Waals surface area (Å²) in [7, 11) is 4.90. The molecule has 6 nitrogen and oxygen atoms in total. The van der Waals surface area contributed by atoms with Crippen LogP contribution in [-0.4, -0.2) is 41.3 Å². The molecule has 0 fully saturated rings. The van der Waals surface area contributed by atoms with E-state index in [2.05, 4.69) is 4.98 Å². The van der Waals surface area contributed by atoms with Crippen LogP contribution >= 0.6 is 11.8 Å². The lowest BCUT2D eigenvalue weighted by Gasteiger charge is -2.19. The molecule has 0 aliphatic heterocycles. The predicted octanol–water partition coefficient (Wildman–Crippen LogP) is 3.12. The number of methoxy groups -OCH3 is 1. The molecule has 1 heterocycles. The number of rotatable bonds is 5. The molecule has 26 heavy (non-hydrogen) atoms. The molecular weight excluding hydrogens is 350 g/mol. The third-order valence-electron chi connectivity index (χ3n) is 4.12. The van der Waals surface area contributed by atoms with Crippen molar-refractivity contribution in [1.29, 1.82) is 0 Å². The van der Waals surface area contributed by atoms with Crippen molar-refractivity contribution in [1.82, 2.24) is 9.55 Å². The molecule has 0 unspecified atom stereocenters. The zero-order chi connectivity index (χ0) is 18.7. The first-order chi connectivity index (χ1) is 12.5. The standard InChI is InChI=1S/C19H19N3O3S/c1-21(15-10-6-4-8-13(15)18(24)25-3)17(23)12-26-19-20-14-9-5-7-11-16(14)22(19)2/h4-11H,12H2,1-3H3. The molecule has 0 N–H and O–H groups in total. The van der Waals surface area contributed by atoms with E-state index in [1.54, 1.807) is 31.3 Å². The molecular formula is C19H19N3O3S. The smallest absolute Gasteiger partial charge is 0.339 e. The van der Waals surface area contributed by atoms with Gasteiger partial charge in [-0.25, -0.2) is 9.78 Å². The number of para-hydroxylation sites is 3. The number of carbonyl (C=O) groups is 2. The molecule has 7 heteroatoms. The quantitative estimate of drug-likeness (QED) is 0.511. The summed E-state index contributed by atoms with van der Waals surface area (Å²) >= 11 is 1.37. The number of benzene rings is 2. The number of aryl methyl sites for hydroxylation is 1. The molecule has 2 aromatic carbocycles. The van der Waals surface area contributed by atoms with E-state index in [-0.39, 0.29) is 11.7 Å². The molecule has 0 bridgehead atoms. The van der Waals surface area contributed by atoms with Crippen molar-refractivity contribution in [2.45, 2.75) is 5.16 Å². The van der Waals surface area contributed by atoms with Crippen LogP contribution in [0.1, 0.15) is 10.4 Å². The monoisotopic (exact) mass is 369 g/mol. The predicted molar refractivity (Wildman–Crippen MR) is 103 cm³/mol. The zero-order valence-corrected chi connectivity index (χ0v) is 15.6. The number of anilines is 1. The molecule has 3 aromatic rings. The number of aromatic nitrogens is 2. The Kier molecular flexibility index (Phi) is 5.27. The highest BCUT2D eigenvalue weighted by atomic mass is 32.2. The van der Waals surface area contributed by atoms with Crippen molar-refractivity contribution >= 4 is 40.4 Å². The van der Waals surface area contributed by atoms with Crippen LogP contribution in [0.3, 0.4) is 0 Å². The van der Waals surface area contributed by atoms with Crippen LogP contribution in [0.5, 0.6) is 0 Å². The van der Waals surface area contributed by atoms with Gasteiger partial charge in [0.2, 0.25) is 5.91 Å². The fourth-order valence-electron chi connectivity index (χ4n) is 2.66. The molecule has 0 aliphatic rings. The van der Waals surface area contributed by atoms with E-state index in [4.69, 9.17) is 4.74 Å². The van der Waals surface area contributed by atoms with Gasteiger partial charge in [-0.2, -0.15) is 0 Å². The Morgan fingerprint density at radius 3 is 2.58 bits per heavy atom. The van der Waals surface area contributed by atoms with Gasteiger partial charge < -0.3 is 14.2 Å². The van der Waals surface area contributed by atoms with E-state index < -0.39 is 5.97 Å². The van der Waals surface area contributed by atoms with Gasteiger partial charge in [0, 0.05) is 14.1 Å². The average Bonchev–Trinajstić information content (AvgIpc) is 3.01. The summed E-state index contributed by atoms with van der Waals surface area (Å²) in [6, 6.07) is 14.7. The van der Waals surface area contributed by atoms with Gasteiger partial charge >= 0.3 is 5.97 Å². The normalized spacial score (nSPS) is 10.7. The first kappa shape index (κ1) is 18.0. The van der Waals surface area contributed by atoms with Crippen LogP contribution in [0, 0.1) is 0 Å². The van der Waals surface area contributed by atoms with E-state index in [0.717, 1.165) is 16.2 Å². The van der Waals surface area contributed by atoms with E-state index in [9.17, 15) is 9.59 Å². The molecule has 0 spiro atoms. The third kappa shape index (κ3) is 3.43. The second-order valence-electron chi connectivity index (χ2n) is 5.69. The Hall–Kier alpha value is -2.80. The van der Waals surface area contributed by atoms with Gasteiger partial charge in [-0.05, 0) is 24.3 Å². The van der Waals surface area contributed by atoms with E-state index in [0.29, 0.717) is 11.3 Å². The Bertz CT molecular complexity index is 968. The fraction of sp³-hybridized carbons (Fsp3) is 0.211. The minimum Gasteiger partial charge on any atom is -0.465 e. The number of esters is 1. The Morgan fingerprint density at radius 2 is 1.85 bits per heavy atom. The second-order valence-corrected chi connectivity index (χ2v) is 6.63. The Morgan fingerprint density at radius 1 is 1.15 bits per heavy atom. The molecule has 134 valence electrons. The molecule has 0 radical (unpaired) electrons. The van der Waals surface area contributed by atoms with Crippen molar-refractivity contribution in [3.05, 3.63) is 54.1 Å². The van der Waals surface area contributed by atoms with Crippen molar-refractivity contribution in [3.8, 4) is 0 Å². The first-order valence-electron chi connectivity index (χ1n) is 8.01. The average molecular weight is 369 g/mol. The maximum absolute atomic E-state index is 12.6. The van der Waals surface area contributed by atoms with E-state index in [1.165, 1.54) is 23.8 Å². The highest BCUT2D eigenvalue weighted by molar-refractivity contribution is 7.99. The maximum Gasteiger partial charge on any atom is 0.339 e. The van der Waals surface area contributed by atoms with Crippen LogP contribution in [0.2, 0.25) is 0 Å². The van der Waals surface area contributed by atoms with Crippen LogP contribution in [-0.2, 0) is 16.6 Å². The molecule has 1 amide bonds. The Labute approximate surface area is 155 Å². The molecule has 0 aliphatic carbocycles. The number of hydrogen-bond donors (Lipinski definition) is 0.